The van der Waals surface area contributed by atoms with Crippen LogP contribution >= 0.6 is 23.2 Å². The molecule has 0 aliphatic rings. The highest BCUT2D eigenvalue weighted by molar-refractivity contribution is 6.34. The highest BCUT2D eigenvalue weighted by Crippen LogP contribution is 2.18. The highest BCUT2D eigenvalue weighted by Gasteiger charge is 2.18. The van der Waals surface area contributed by atoms with E-state index < -0.39 is 11.6 Å². The van der Waals surface area contributed by atoms with Gasteiger partial charge in [0.2, 0.25) is 5.91 Å². The van der Waals surface area contributed by atoms with Gasteiger partial charge >= 0.3 is 0 Å². The second-order valence-electron chi connectivity index (χ2n) is 4.70. The summed E-state index contributed by atoms with van der Waals surface area (Å²) >= 11 is 11.7. The van der Waals surface area contributed by atoms with Crippen molar-refractivity contribution in [1.29, 1.82) is 0 Å². The lowest BCUT2D eigenvalue weighted by atomic mass is 10.2. The normalized spacial score (nSPS) is 12.0. The van der Waals surface area contributed by atoms with Crippen molar-refractivity contribution in [3.05, 3.63) is 62.5 Å². The van der Waals surface area contributed by atoms with Crippen LogP contribution in [-0.2, 0) is 4.79 Å². The Bertz CT molecular complexity index is 741. The predicted molar refractivity (Wildman–Crippen MR) is 85.2 cm³/mol. The first-order valence-corrected chi connectivity index (χ1v) is 7.09. The van der Waals surface area contributed by atoms with E-state index in [0.717, 1.165) is 5.56 Å². The number of nitrogens with zero attached hydrogens (tertiary/aromatic N) is 1. The zero-order valence-electron chi connectivity index (χ0n) is 11.6. The van der Waals surface area contributed by atoms with Gasteiger partial charge in [-0.2, -0.15) is 0 Å². The van der Waals surface area contributed by atoms with E-state index in [-0.39, 0.29) is 10.9 Å². The third-order valence-electron chi connectivity index (χ3n) is 3.17. The molecule has 0 aliphatic heterocycles. The lowest BCUT2D eigenvalue weighted by Gasteiger charge is -2.16. The fourth-order valence-corrected chi connectivity index (χ4v) is 2.38. The second kappa shape index (κ2) is 6.33. The van der Waals surface area contributed by atoms with Crippen LogP contribution in [0.2, 0.25) is 10.0 Å². The Morgan fingerprint density at radius 3 is 2.62 bits per heavy atom. The molecule has 1 aromatic heterocycles. The molecule has 4 nitrogen and oxygen atoms in total. The molecular formula is C15H14Cl2N2O2. The average Bonchev–Trinajstić information content (AvgIpc) is 2.44. The molecule has 0 radical (unpaired) electrons. The number of halogens is 2. The van der Waals surface area contributed by atoms with Crippen molar-refractivity contribution in [2.24, 2.45) is 0 Å². The molecule has 21 heavy (non-hydrogen) atoms. The van der Waals surface area contributed by atoms with E-state index in [9.17, 15) is 9.59 Å². The van der Waals surface area contributed by atoms with Gasteiger partial charge in [0.1, 0.15) is 11.1 Å². The molecule has 1 amide bonds. The van der Waals surface area contributed by atoms with Crippen LogP contribution in [0, 0.1) is 6.92 Å². The first-order chi connectivity index (χ1) is 9.90. The predicted octanol–water partition coefficient (Wildman–Crippen LogP) is 3.66. The van der Waals surface area contributed by atoms with Crippen molar-refractivity contribution in [3.63, 3.8) is 0 Å². The molecular weight excluding hydrogens is 311 g/mol. The largest absolute Gasteiger partial charge is 0.324 e. The summed E-state index contributed by atoms with van der Waals surface area (Å²) in [6, 6.07) is 8.03. The van der Waals surface area contributed by atoms with Crippen LogP contribution < -0.4 is 10.9 Å². The van der Waals surface area contributed by atoms with Crippen LogP contribution in [-0.4, -0.2) is 10.5 Å². The van der Waals surface area contributed by atoms with Gasteiger partial charge in [-0.3, -0.25) is 9.59 Å². The van der Waals surface area contributed by atoms with Gasteiger partial charge in [0.15, 0.2) is 0 Å². The maximum atomic E-state index is 12.3. The number of aryl methyl sites for hydroxylation is 1. The Morgan fingerprint density at radius 2 is 1.95 bits per heavy atom. The third-order valence-corrected chi connectivity index (χ3v) is 3.64. The minimum absolute atomic E-state index is 0.0157. The van der Waals surface area contributed by atoms with Crippen molar-refractivity contribution in [2.75, 3.05) is 5.32 Å². The molecule has 0 saturated heterocycles. The van der Waals surface area contributed by atoms with E-state index in [1.54, 1.807) is 13.0 Å². The topological polar surface area (TPSA) is 51.1 Å². The van der Waals surface area contributed by atoms with E-state index >= 15 is 0 Å². The zero-order chi connectivity index (χ0) is 15.6. The first-order valence-electron chi connectivity index (χ1n) is 6.34. The molecule has 0 spiro atoms. The molecule has 1 aromatic carbocycles. The lowest BCUT2D eigenvalue weighted by Crippen LogP contribution is -2.31. The van der Waals surface area contributed by atoms with Crippen molar-refractivity contribution >= 4 is 34.8 Å². The summed E-state index contributed by atoms with van der Waals surface area (Å²) in [5.41, 5.74) is 1.19. The molecule has 0 bridgehead atoms. The molecule has 110 valence electrons. The Balaban J connectivity index is 2.28. The van der Waals surface area contributed by atoms with Crippen LogP contribution in [0.1, 0.15) is 18.5 Å². The minimum Gasteiger partial charge on any atom is -0.324 e. The number of pyridine rings is 1. The maximum Gasteiger partial charge on any atom is 0.270 e. The third kappa shape index (κ3) is 3.46. The number of nitrogens with one attached hydrogen (secondary N) is 1. The van der Waals surface area contributed by atoms with Crippen molar-refractivity contribution in [2.45, 2.75) is 19.9 Å². The molecule has 2 rings (SSSR count). The lowest BCUT2D eigenvalue weighted by molar-refractivity contribution is -0.118. The van der Waals surface area contributed by atoms with Crippen LogP contribution in [0.5, 0.6) is 0 Å². The molecule has 0 saturated carbocycles. The van der Waals surface area contributed by atoms with E-state index in [1.165, 1.54) is 16.8 Å². The standard InChI is InChI=1S/C15H14Cl2N2O2/c1-9-5-3-4-6-13(9)18-14(20)10(2)19-8-11(16)7-12(17)15(19)21/h3-8,10H,1-2H3,(H,18,20). The van der Waals surface area contributed by atoms with Gasteiger partial charge in [-0.05, 0) is 31.5 Å². The van der Waals surface area contributed by atoms with Crippen LogP contribution in [0.15, 0.2) is 41.3 Å². The SMILES string of the molecule is Cc1ccccc1NC(=O)C(C)n1cc(Cl)cc(Cl)c1=O. The second-order valence-corrected chi connectivity index (χ2v) is 5.54. The Morgan fingerprint density at radius 1 is 1.29 bits per heavy atom. The van der Waals surface area contributed by atoms with Crippen molar-refractivity contribution in [3.8, 4) is 0 Å². The van der Waals surface area contributed by atoms with E-state index in [1.807, 2.05) is 25.1 Å². The van der Waals surface area contributed by atoms with E-state index in [0.29, 0.717) is 10.7 Å². The number of rotatable bonds is 3. The summed E-state index contributed by atoms with van der Waals surface area (Å²) < 4.78 is 1.22. The Hall–Kier alpha value is -1.78. The molecule has 6 heteroatoms. The summed E-state index contributed by atoms with van der Waals surface area (Å²) in [7, 11) is 0. The number of amides is 1. The van der Waals surface area contributed by atoms with Crippen LogP contribution in [0.3, 0.4) is 0 Å². The highest BCUT2D eigenvalue weighted by atomic mass is 35.5. The molecule has 1 heterocycles. The maximum absolute atomic E-state index is 12.3. The number of anilines is 1. The van der Waals surface area contributed by atoms with Gasteiger partial charge in [0, 0.05) is 11.9 Å². The van der Waals surface area contributed by atoms with E-state index in [4.69, 9.17) is 23.2 Å². The number of hydrogen-bond acceptors (Lipinski definition) is 2. The minimum atomic E-state index is -0.728. The molecule has 0 fully saturated rings. The summed E-state index contributed by atoms with van der Waals surface area (Å²) in [5.74, 6) is -0.315. The summed E-state index contributed by atoms with van der Waals surface area (Å²) in [6.45, 7) is 3.50. The fourth-order valence-electron chi connectivity index (χ4n) is 1.90. The van der Waals surface area contributed by atoms with Gasteiger partial charge in [-0.1, -0.05) is 41.4 Å². The van der Waals surface area contributed by atoms with E-state index in [2.05, 4.69) is 5.32 Å². The van der Waals surface area contributed by atoms with Crippen molar-refractivity contribution < 1.29 is 4.79 Å². The first kappa shape index (κ1) is 15.6. The zero-order valence-corrected chi connectivity index (χ0v) is 13.1. The number of para-hydroxylation sites is 1. The summed E-state index contributed by atoms with van der Waals surface area (Å²) in [6.07, 6.45) is 1.40. The molecule has 1 unspecified atom stereocenters. The van der Waals surface area contributed by atoms with Gasteiger partial charge in [-0.25, -0.2) is 0 Å². The number of hydrogen-bond donors (Lipinski definition) is 1. The monoisotopic (exact) mass is 324 g/mol. The quantitative estimate of drug-likeness (QED) is 0.936. The number of aromatic nitrogens is 1. The molecule has 1 N–H and O–H groups in total. The Kier molecular flexibility index (Phi) is 4.70. The van der Waals surface area contributed by atoms with Gasteiger partial charge < -0.3 is 9.88 Å². The summed E-state index contributed by atoms with van der Waals surface area (Å²) in [4.78, 5) is 24.3. The molecule has 1 atom stereocenters. The smallest absolute Gasteiger partial charge is 0.270 e. The molecule has 0 aliphatic carbocycles. The summed E-state index contributed by atoms with van der Waals surface area (Å²) in [5, 5.41) is 3.08. The number of carbonyl (C=O) groups is 1. The Labute approximate surface area is 132 Å². The van der Waals surface area contributed by atoms with Crippen LogP contribution in [0.4, 0.5) is 5.69 Å². The van der Waals surface area contributed by atoms with Crippen LogP contribution in [0.25, 0.3) is 0 Å². The molecule has 2 aromatic rings. The van der Waals surface area contributed by atoms with Crippen molar-refractivity contribution in [1.82, 2.24) is 4.57 Å². The average molecular weight is 325 g/mol. The van der Waals surface area contributed by atoms with Gasteiger partial charge in [0.05, 0.1) is 5.02 Å². The fraction of sp³-hybridized carbons (Fsp3) is 0.200. The van der Waals surface area contributed by atoms with Gasteiger partial charge in [0.25, 0.3) is 5.56 Å². The van der Waals surface area contributed by atoms with Gasteiger partial charge in [-0.15, -0.1) is 0 Å². The number of carbonyl (C=O) groups excluding carboxylic acids is 1. The number of benzene rings is 1.